The first kappa shape index (κ1) is 34.7. The molecule has 1 aliphatic heterocycles. The number of thioether (sulfide) groups is 1. The number of benzene rings is 1. The summed E-state index contributed by atoms with van der Waals surface area (Å²) in [6, 6.07) is 3.48. The lowest BCUT2D eigenvalue weighted by Crippen LogP contribution is -2.71. The lowest BCUT2D eigenvalue weighted by Gasteiger charge is -2.55. The molecule has 3 fully saturated rings. The van der Waals surface area contributed by atoms with E-state index in [1.165, 1.54) is 11.0 Å². The van der Waals surface area contributed by atoms with Gasteiger partial charge in [-0.05, 0) is 64.5 Å². The molecule has 6 rings (SSSR count). The molecule has 1 aromatic carbocycles. The fraction of sp³-hybridized carbons (Fsp3) is 0.611. The Labute approximate surface area is 285 Å². The van der Waals surface area contributed by atoms with Gasteiger partial charge in [0.15, 0.2) is 17.2 Å². The van der Waals surface area contributed by atoms with Crippen molar-refractivity contribution in [1.82, 2.24) is 9.80 Å². The minimum Gasteiger partial charge on any atom is -0.508 e. The van der Waals surface area contributed by atoms with Crippen LogP contribution in [0, 0.1) is 11.8 Å². The Bertz CT molecular complexity index is 1560. The van der Waals surface area contributed by atoms with Crippen LogP contribution in [0.3, 0.4) is 0 Å². The molecule has 0 spiro atoms. The second-order valence-corrected chi connectivity index (χ2v) is 15.4. The van der Waals surface area contributed by atoms with Crippen LogP contribution in [0.15, 0.2) is 35.1 Å². The van der Waals surface area contributed by atoms with Crippen LogP contribution in [0.5, 0.6) is 5.75 Å². The molecule has 0 radical (unpaired) electrons. The highest BCUT2D eigenvalue weighted by molar-refractivity contribution is 7.99. The summed E-state index contributed by atoms with van der Waals surface area (Å²) >= 11 is 1.72. The fourth-order valence-corrected chi connectivity index (χ4v) is 10.2. The number of carbonyl (C=O) groups excluding carboxylic acids is 4. The highest BCUT2D eigenvalue weighted by Gasteiger charge is 2.69. The van der Waals surface area contributed by atoms with Crippen molar-refractivity contribution in [2.24, 2.45) is 11.8 Å². The number of rotatable bonds is 10. The molecule has 4 aliphatic carbocycles. The van der Waals surface area contributed by atoms with E-state index in [4.69, 9.17) is 4.74 Å². The number of carbonyl (C=O) groups is 4. The number of Topliss-reactive ketones (excluding diaryl/α,β-unsaturated/α-hetero) is 3. The Morgan fingerprint density at radius 2 is 1.75 bits per heavy atom. The zero-order valence-electron chi connectivity index (χ0n) is 27.8. The van der Waals surface area contributed by atoms with Crippen LogP contribution in [0.4, 0.5) is 0 Å². The van der Waals surface area contributed by atoms with Crippen molar-refractivity contribution in [2.45, 2.75) is 87.2 Å². The van der Waals surface area contributed by atoms with Crippen molar-refractivity contribution in [1.29, 1.82) is 0 Å². The number of phenols is 1. The molecule has 11 nitrogen and oxygen atoms in total. The monoisotopic (exact) mass is 682 g/mol. The summed E-state index contributed by atoms with van der Waals surface area (Å²) in [5, 5.41) is 47.6. The number of hydrogen-bond donors (Lipinski definition) is 4. The molecule has 0 unspecified atom stereocenters. The maximum Gasteiger partial charge on any atom is 0.305 e. The molecule has 2 saturated carbocycles. The van der Waals surface area contributed by atoms with E-state index in [2.05, 4.69) is 4.90 Å². The zero-order valence-corrected chi connectivity index (χ0v) is 28.6. The van der Waals surface area contributed by atoms with Gasteiger partial charge in [0, 0.05) is 47.8 Å². The predicted octanol–water partition coefficient (Wildman–Crippen LogP) is 3.68. The highest BCUT2D eigenvalue weighted by atomic mass is 32.2. The van der Waals surface area contributed by atoms with Gasteiger partial charge in [0.1, 0.15) is 28.9 Å². The summed E-state index contributed by atoms with van der Waals surface area (Å²) in [5.74, 6) is -7.76. The molecule has 4 N–H and O–H groups in total. The van der Waals surface area contributed by atoms with Gasteiger partial charge in [-0.2, -0.15) is 11.8 Å². The summed E-state index contributed by atoms with van der Waals surface area (Å²) in [6.45, 7) is 3.57. The number of ketones is 3. The molecule has 12 heteroatoms. The van der Waals surface area contributed by atoms with Crippen LogP contribution in [0.25, 0.3) is 5.76 Å². The smallest absolute Gasteiger partial charge is 0.305 e. The lowest BCUT2D eigenvalue weighted by molar-refractivity contribution is -0.185. The van der Waals surface area contributed by atoms with Gasteiger partial charge >= 0.3 is 5.97 Å². The van der Waals surface area contributed by atoms with Crippen LogP contribution in [-0.2, 0) is 23.9 Å². The van der Waals surface area contributed by atoms with Gasteiger partial charge < -0.3 is 30.1 Å². The Morgan fingerprint density at radius 1 is 1.06 bits per heavy atom. The van der Waals surface area contributed by atoms with Gasteiger partial charge in [-0.15, -0.1) is 0 Å². The summed E-state index contributed by atoms with van der Waals surface area (Å²) < 4.78 is 6.10. The van der Waals surface area contributed by atoms with Gasteiger partial charge in [-0.1, -0.05) is 31.9 Å². The minimum atomic E-state index is -2.88. The first-order valence-electron chi connectivity index (χ1n) is 17.1. The van der Waals surface area contributed by atoms with E-state index in [1.807, 2.05) is 0 Å². The Hall–Kier alpha value is -3.19. The largest absolute Gasteiger partial charge is 0.508 e. The standard InChI is InChI=1S/C36H46N2O9S/c1-4-24(41)47-33-26-21(18-48-19-10-5-6-11-19)20-12-9-13-22(39)25(20)31(42)28(26)35(45)36(46)29(33)30(37(2)3)32(43)27(34(36)44)23(40)14-17-38-15-7-8-16-38/h9,12-13,19,21,26,29-30,33,39,42,44,46H,4-8,10-11,14-18H2,1-3H3/t21-,26+,29+,30-,33-,36+/m0/s1. The lowest BCUT2D eigenvalue weighted by atomic mass is 9.54. The number of fused-ring (bicyclic) bond motifs is 3. The number of hydrogen-bond acceptors (Lipinski definition) is 12. The molecule has 0 amide bonds. The second kappa shape index (κ2) is 13.6. The third-order valence-corrected chi connectivity index (χ3v) is 12.5. The molecule has 1 heterocycles. The first-order valence-corrected chi connectivity index (χ1v) is 18.2. The number of likely N-dealkylation sites (tertiary alicyclic amines) is 1. The van der Waals surface area contributed by atoms with Crippen LogP contribution in [0.1, 0.15) is 75.3 Å². The van der Waals surface area contributed by atoms with Gasteiger partial charge in [-0.25, -0.2) is 0 Å². The SMILES string of the molecule is CCC(=O)O[C@H]1[C@H]2C(=C(O)c3c(O)cccc3[C@@H]2CSC2CCCC2)C(=O)[C@]2(O)C(O)=C(C(=O)CCN3CCCC3)C(=O)[C@@H](N(C)C)[C@H]12. The average Bonchev–Trinajstić information content (AvgIpc) is 3.78. The zero-order chi connectivity index (χ0) is 34.5. The normalized spacial score (nSPS) is 30.9. The highest BCUT2D eigenvalue weighted by Crippen LogP contribution is 2.58. The number of nitrogens with zero attached hydrogens (tertiary/aromatic N) is 2. The maximum absolute atomic E-state index is 14.8. The van der Waals surface area contributed by atoms with E-state index in [0.717, 1.165) is 51.6 Å². The maximum atomic E-state index is 14.8. The molecular formula is C36H46N2O9S. The van der Waals surface area contributed by atoms with Gasteiger partial charge in [-0.3, -0.25) is 24.1 Å². The number of likely N-dealkylation sites (N-methyl/N-ethyl adjacent to an activating group) is 1. The van der Waals surface area contributed by atoms with Crippen molar-refractivity contribution in [3.05, 3.63) is 46.2 Å². The van der Waals surface area contributed by atoms with Gasteiger partial charge in [0.05, 0.1) is 17.5 Å². The molecule has 0 aromatic heterocycles. The van der Waals surface area contributed by atoms with E-state index in [1.54, 1.807) is 44.9 Å². The Kier molecular flexibility index (Phi) is 9.83. The van der Waals surface area contributed by atoms with Crippen LogP contribution in [0.2, 0.25) is 0 Å². The van der Waals surface area contributed by atoms with Crippen molar-refractivity contribution in [2.75, 3.05) is 39.5 Å². The summed E-state index contributed by atoms with van der Waals surface area (Å²) in [6.07, 6.45) is 4.76. The molecular weight excluding hydrogens is 636 g/mol. The minimum absolute atomic E-state index is 0.0400. The van der Waals surface area contributed by atoms with E-state index >= 15 is 0 Å². The number of esters is 1. The topological polar surface area (TPSA) is 165 Å². The van der Waals surface area contributed by atoms with Crippen LogP contribution in [-0.4, -0.2) is 116 Å². The van der Waals surface area contributed by atoms with Crippen molar-refractivity contribution >= 4 is 40.8 Å². The quantitative estimate of drug-likeness (QED) is 0.209. The molecule has 1 saturated heterocycles. The molecule has 6 atom stereocenters. The Morgan fingerprint density at radius 3 is 2.40 bits per heavy atom. The number of aliphatic hydroxyl groups is 3. The molecule has 5 aliphatic rings. The summed E-state index contributed by atoms with van der Waals surface area (Å²) in [5.41, 5.74) is -3.23. The first-order chi connectivity index (χ1) is 22.9. The van der Waals surface area contributed by atoms with E-state index in [0.29, 0.717) is 23.1 Å². The number of aliphatic hydroxyl groups excluding tert-OH is 2. The van der Waals surface area contributed by atoms with Crippen molar-refractivity contribution in [3.8, 4) is 5.75 Å². The van der Waals surface area contributed by atoms with Gasteiger partial charge in [0.25, 0.3) is 0 Å². The molecule has 1 aromatic rings. The average molecular weight is 683 g/mol. The van der Waals surface area contributed by atoms with E-state index in [-0.39, 0.29) is 29.7 Å². The number of aromatic hydroxyl groups is 1. The number of phenolic OH excluding ortho intramolecular Hbond substituents is 1. The Balaban J connectivity index is 1.54. The molecule has 48 heavy (non-hydrogen) atoms. The van der Waals surface area contributed by atoms with Crippen LogP contribution < -0.4 is 0 Å². The third-order valence-electron chi connectivity index (χ3n) is 11.0. The van der Waals surface area contributed by atoms with Gasteiger partial charge in [0.2, 0.25) is 5.78 Å². The van der Waals surface area contributed by atoms with Crippen molar-refractivity contribution < 1.29 is 44.3 Å². The van der Waals surface area contributed by atoms with E-state index < -0.39 is 75.9 Å². The third kappa shape index (κ3) is 5.68. The predicted molar refractivity (Wildman–Crippen MR) is 180 cm³/mol. The molecule has 0 bridgehead atoms. The van der Waals surface area contributed by atoms with Crippen LogP contribution >= 0.6 is 11.8 Å². The summed E-state index contributed by atoms with van der Waals surface area (Å²) in [4.78, 5) is 59.6. The molecule has 260 valence electrons. The van der Waals surface area contributed by atoms with E-state index in [9.17, 15) is 39.6 Å². The fourth-order valence-electron chi connectivity index (χ4n) is 8.66. The van der Waals surface area contributed by atoms with Crippen molar-refractivity contribution in [3.63, 3.8) is 0 Å². The summed E-state index contributed by atoms with van der Waals surface area (Å²) in [7, 11) is 3.15. The number of ether oxygens (including phenoxy) is 1. The second-order valence-electron chi connectivity index (χ2n) is 14.0.